The van der Waals surface area contributed by atoms with Crippen molar-refractivity contribution >= 4 is 33.0 Å². The molecule has 0 saturated carbocycles. The van der Waals surface area contributed by atoms with Gasteiger partial charge in [-0.3, -0.25) is 0 Å². The topological polar surface area (TPSA) is 38.7 Å². The molecule has 0 aliphatic heterocycles. The van der Waals surface area contributed by atoms with Crippen LogP contribution in [0.4, 0.5) is 0 Å². The first-order chi connectivity index (χ1) is 7.67. The average molecular weight is 259 g/mol. The van der Waals surface area contributed by atoms with Gasteiger partial charge in [0.25, 0.3) is 0 Å². The maximum absolute atomic E-state index is 9.61. The molecule has 0 aliphatic carbocycles. The van der Waals surface area contributed by atoms with Gasteiger partial charge < -0.3 is 14.6 Å². The summed E-state index contributed by atoms with van der Waals surface area (Å²) in [7, 11) is 3.05. The number of hydrogen-bond donors (Lipinski definition) is 1. The highest BCUT2D eigenvalue weighted by atomic mass is 35.5. The van der Waals surface area contributed by atoms with Crippen LogP contribution in [0.2, 0.25) is 5.02 Å². The second kappa shape index (κ2) is 4.59. The number of fused-ring (bicyclic) bond motifs is 1. The van der Waals surface area contributed by atoms with Crippen molar-refractivity contribution in [2.75, 3.05) is 14.2 Å². The lowest BCUT2D eigenvalue weighted by atomic mass is 10.2. The monoisotopic (exact) mass is 258 g/mol. The predicted molar refractivity (Wildman–Crippen MR) is 65.4 cm³/mol. The third-order valence-electron chi connectivity index (χ3n) is 2.31. The van der Waals surface area contributed by atoms with Crippen molar-refractivity contribution in [2.24, 2.45) is 0 Å². The molecule has 86 valence electrons. The number of aliphatic hydroxyl groups excluding tert-OH is 1. The number of halogens is 1. The van der Waals surface area contributed by atoms with E-state index >= 15 is 0 Å². The van der Waals surface area contributed by atoms with Crippen molar-refractivity contribution < 1.29 is 14.6 Å². The molecule has 0 aliphatic rings. The molecule has 0 saturated heterocycles. The second-order valence-electron chi connectivity index (χ2n) is 3.23. The maximum atomic E-state index is 9.61. The van der Waals surface area contributed by atoms with Gasteiger partial charge in [-0.05, 0) is 18.2 Å². The first-order valence-electron chi connectivity index (χ1n) is 4.64. The zero-order valence-electron chi connectivity index (χ0n) is 8.86. The molecule has 1 unspecified atom stereocenters. The van der Waals surface area contributed by atoms with Crippen LogP contribution < -0.4 is 4.74 Å². The molecule has 5 heteroatoms. The lowest BCUT2D eigenvalue weighted by Gasteiger charge is -2.05. The van der Waals surface area contributed by atoms with E-state index in [-0.39, 0.29) is 0 Å². The maximum Gasteiger partial charge on any atom is 0.191 e. The Balaban J connectivity index is 2.58. The number of rotatable bonds is 3. The summed E-state index contributed by atoms with van der Waals surface area (Å²) >= 11 is 7.56. The van der Waals surface area contributed by atoms with Crippen LogP contribution in [0.5, 0.6) is 5.75 Å². The molecule has 16 heavy (non-hydrogen) atoms. The van der Waals surface area contributed by atoms with E-state index in [9.17, 15) is 5.11 Å². The lowest BCUT2D eigenvalue weighted by Crippen LogP contribution is -1.96. The zero-order valence-corrected chi connectivity index (χ0v) is 10.4. The molecule has 0 radical (unpaired) electrons. The van der Waals surface area contributed by atoms with Gasteiger partial charge in [0, 0.05) is 17.2 Å². The van der Waals surface area contributed by atoms with E-state index in [0.29, 0.717) is 9.90 Å². The van der Waals surface area contributed by atoms with E-state index in [4.69, 9.17) is 21.1 Å². The van der Waals surface area contributed by atoms with Gasteiger partial charge in [0.15, 0.2) is 6.29 Å². The van der Waals surface area contributed by atoms with E-state index in [1.807, 2.05) is 18.2 Å². The summed E-state index contributed by atoms with van der Waals surface area (Å²) in [5.74, 6) is 0.767. The van der Waals surface area contributed by atoms with Crippen LogP contribution in [0.15, 0.2) is 18.2 Å². The molecule has 0 fully saturated rings. The Morgan fingerprint density at radius 3 is 2.75 bits per heavy atom. The van der Waals surface area contributed by atoms with Crippen LogP contribution >= 0.6 is 22.9 Å². The summed E-state index contributed by atoms with van der Waals surface area (Å²) in [5, 5.41) is 11.1. The molecule has 2 rings (SSSR count). The summed E-state index contributed by atoms with van der Waals surface area (Å²) in [6.07, 6.45) is -0.976. The lowest BCUT2D eigenvalue weighted by molar-refractivity contribution is -0.0742. The first-order valence-corrected chi connectivity index (χ1v) is 5.83. The highest BCUT2D eigenvalue weighted by Gasteiger charge is 2.17. The Hall–Kier alpha value is -0.810. The molecule has 1 aromatic carbocycles. The van der Waals surface area contributed by atoms with Crippen molar-refractivity contribution in [3.8, 4) is 5.75 Å². The molecular formula is C11H11ClO3S. The number of hydrogen-bond acceptors (Lipinski definition) is 4. The van der Waals surface area contributed by atoms with Gasteiger partial charge in [-0.25, -0.2) is 0 Å². The third kappa shape index (κ3) is 1.89. The number of benzene rings is 1. The summed E-state index contributed by atoms with van der Waals surface area (Å²) in [5.41, 5.74) is 0. The second-order valence-corrected chi connectivity index (χ2v) is 4.69. The number of methoxy groups -OCH3 is 2. The minimum atomic E-state index is -0.976. The van der Waals surface area contributed by atoms with Gasteiger partial charge in [0.1, 0.15) is 5.75 Å². The van der Waals surface area contributed by atoms with Gasteiger partial charge in [-0.15, -0.1) is 11.3 Å². The van der Waals surface area contributed by atoms with Crippen molar-refractivity contribution in [1.82, 2.24) is 0 Å². The smallest absolute Gasteiger partial charge is 0.191 e. The van der Waals surface area contributed by atoms with E-state index in [0.717, 1.165) is 15.8 Å². The molecule has 1 aromatic heterocycles. The van der Waals surface area contributed by atoms with E-state index in [2.05, 4.69) is 0 Å². The number of thiophene rings is 1. The minimum absolute atomic E-state index is 0.539. The molecule has 1 atom stereocenters. The normalized spacial score (nSPS) is 13.0. The Kier molecular flexibility index (Phi) is 3.35. The van der Waals surface area contributed by atoms with Crippen LogP contribution in [0, 0.1) is 0 Å². The fourth-order valence-electron chi connectivity index (χ4n) is 1.46. The highest BCUT2D eigenvalue weighted by Crippen LogP contribution is 2.40. The van der Waals surface area contributed by atoms with Gasteiger partial charge in [0.05, 0.1) is 17.0 Å². The van der Waals surface area contributed by atoms with Crippen molar-refractivity contribution in [1.29, 1.82) is 0 Å². The largest absolute Gasteiger partial charge is 0.497 e. The van der Waals surface area contributed by atoms with E-state index in [1.54, 1.807) is 7.11 Å². The predicted octanol–water partition coefficient (Wildman–Crippen LogP) is 3.20. The van der Waals surface area contributed by atoms with Crippen LogP contribution in [0.1, 0.15) is 11.2 Å². The minimum Gasteiger partial charge on any atom is -0.497 e. The van der Waals surface area contributed by atoms with Gasteiger partial charge in [0.2, 0.25) is 0 Å². The zero-order chi connectivity index (χ0) is 11.7. The van der Waals surface area contributed by atoms with Crippen molar-refractivity contribution in [3.63, 3.8) is 0 Å². The van der Waals surface area contributed by atoms with Crippen LogP contribution in [0.3, 0.4) is 0 Å². The summed E-state index contributed by atoms with van der Waals surface area (Å²) < 4.78 is 10.9. The Morgan fingerprint density at radius 1 is 1.38 bits per heavy atom. The molecule has 1 heterocycles. The van der Waals surface area contributed by atoms with Gasteiger partial charge >= 0.3 is 0 Å². The Labute approximate surface area is 102 Å². The molecule has 0 amide bonds. The molecule has 0 spiro atoms. The Morgan fingerprint density at radius 2 is 2.12 bits per heavy atom. The summed E-state index contributed by atoms with van der Waals surface area (Å²) in [4.78, 5) is 0.618. The molecule has 3 nitrogen and oxygen atoms in total. The molecule has 2 aromatic rings. The van der Waals surface area contributed by atoms with E-state index in [1.165, 1.54) is 18.4 Å². The van der Waals surface area contributed by atoms with Crippen LogP contribution in [-0.4, -0.2) is 19.3 Å². The molecule has 1 N–H and O–H groups in total. The van der Waals surface area contributed by atoms with Gasteiger partial charge in [-0.1, -0.05) is 11.6 Å². The van der Waals surface area contributed by atoms with Gasteiger partial charge in [-0.2, -0.15) is 0 Å². The third-order valence-corrected chi connectivity index (χ3v) is 4.01. The fraction of sp³-hybridized carbons (Fsp3) is 0.273. The van der Waals surface area contributed by atoms with Crippen molar-refractivity contribution in [3.05, 3.63) is 28.1 Å². The highest BCUT2D eigenvalue weighted by molar-refractivity contribution is 7.19. The van der Waals surface area contributed by atoms with Crippen LogP contribution in [-0.2, 0) is 4.74 Å². The fourth-order valence-corrected chi connectivity index (χ4v) is 2.98. The van der Waals surface area contributed by atoms with Crippen LogP contribution in [0.25, 0.3) is 10.1 Å². The number of ether oxygens (including phenoxy) is 2. The first kappa shape index (κ1) is 11.7. The van der Waals surface area contributed by atoms with E-state index < -0.39 is 6.29 Å². The molecular weight excluding hydrogens is 248 g/mol. The summed E-state index contributed by atoms with van der Waals surface area (Å²) in [6.45, 7) is 0. The summed E-state index contributed by atoms with van der Waals surface area (Å²) in [6, 6.07) is 5.60. The average Bonchev–Trinajstić information content (AvgIpc) is 2.65. The van der Waals surface area contributed by atoms with Crippen molar-refractivity contribution in [2.45, 2.75) is 6.29 Å². The standard InChI is InChI=1S/C11H11ClO3S/c1-14-6-3-4-7-8(5-6)16-10(9(7)12)11(13)15-2/h3-5,11,13H,1-2H3. The number of aliphatic hydroxyl groups is 1. The quantitative estimate of drug-likeness (QED) is 0.860. The Bertz CT molecular complexity index is 509. The molecule has 0 bridgehead atoms. The SMILES string of the molecule is COc1ccc2c(Cl)c(C(O)OC)sc2c1.